The third-order valence-electron chi connectivity index (χ3n) is 2.30. The summed E-state index contributed by atoms with van der Waals surface area (Å²) >= 11 is 1.54. The molecule has 2 N–H and O–H groups in total. The van der Waals surface area contributed by atoms with Gasteiger partial charge >= 0.3 is 0 Å². The maximum absolute atomic E-state index is 13.6. The van der Waals surface area contributed by atoms with Crippen LogP contribution in [0.3, 0.4) is 0 Å². The minimum atomic E-state index is -0.380. The molecule has 0 radical (unpaired) electrons. The van der Waals surface area contributed by atoms with Gasteiger partial charge in [0.25, 0.3) is 0 Å². The van der Waals surface area contributed by atoms with Crippen LogP contribution in [0.2, 0.25) is 0 Å². The van der Waals surface area contributed by atoms with Crippen molar-refractivity contribution < 1.29 is 9.13 Å². The highest BCUT2D eigenvalue weighted by Crippen LogP contribution is 2.24. The molecular formula is C12H13FN2OS. The highest BCUT2D eigenvalue weighted by Gasteiger charge is 2.09. The molecule has 1 heterocycles. The van der Waals surface area contributed by atoms with E-state index in [1.54, 1.807) is 18.3 Å². The van der Waals surface area contributed by atoms with E-state index in [1.165, 1.54) is 17.4 Å². The van der Waals surface area contributed by atoms with Crippen LogP contribution in [0, 0.1) is 12.7 Å². The molecule has 0 aliphatic heterocycles. The van der Waals surface area contributed by atoms with Crippen molar-refractivity contribution in [2.24, 2.45) is 5.73 Å². The summed E-state index contributed by atoms with van der Waals surface area (Å²) in [6.45, 7) is 2.50. The highest BCUT2D eigenvalue weighted by molar-refractivity contribution is 7.11. The van der Waals surface area contributed by atoms with Crippen LogP contribution in [0.25, 0.3) is 0 Å². The Labute approximate surface area is 103 Å². The van der Waals surface area contributed by atoms with E-state index in [4.69, 9.17) is 10.5 Å². The molecular weight excluding hydrogens is 239 g/mol. The van der Waals surface area contributed by atoms with Gasteiger partial charge in [0.15, 0.2) is 11.6 Å². The van der Waals surface area contributed by atoms with Crippen molar-refractivity contribution in [3.05, 3.63) is 45.7 Å². The number of aryl methyl sites for hydroxylation is 1. The van der Waals surface area contributed by atoms with Gasteiger partial charge in [-0.3, -0.25) is 0 Å². The lowest BCUT2D eigenvalue weighted by molar-refractivity contribution is 0.290. The number of ether oxygens (including phenoxy) is 1. The topological polar surface area (TPSA) is 48.1 Å². The molecule has 2 aromatic rings. The Kier molecular flexibility index (Phi) is 3.71. The van der Waals surface area contributed by atoms with Gasteiger partial charge < -0.3 is 10.5 Å². The van der Waals surface area contributed by atoms with Crippen LogP contribution in [-0.4, -0.2) is 4.98 Å². The predicted molar refractivity (Wildman–Crippen MR) is 65.5 cm³/mol. The lowest BCUT2D eigenvalue weighted by Gasteiger charge is -2.09. The zero-order chi connectivity index (χ0) is 12.3. The first-order valence-electron chi connectivity index (χ1n) is 5.22. The number of aromatic nitrogens is 1. The molecule has 2 rings (SSSR count). The van der Waals surface area contributed by atoms with Crippen LogP contribution in [0.1, 0.15) is 15.4 Å². The van der Waals surface area contributed by atoms with Gasteiger partial charge in [-0.05, 0) is 13.0 Å². The SMILES string of the molecule is Cc1ncc(COc2c(F)cccc2CN)s1. The first-order valence-corrected chi connectivity index (χ1v) is 6.04. The largest absolute Gasteiger partial charge is 0.485 e. The summed E-state index contributed by atoms with van der Waals surface area (Å²) < 4.78 is 19.0. The molecule has 3 nitrogen and oxygen atoms in total. The third kappa shape index (κ3) is 2.81. The maximum Gasteiger partial charge on any atom is 0.165 e. The molecule has 0 amide bonds. The van der Waals surface area contributed by atoms with Gasteiger partial charge in [0, 0.05) is 18.3 Å². The van der Waals surface area contributed by atoms with Gasteiger partial charge in [-0.1, -0.05) is 12.1 Å². The zero-order valence-corrected chi connectivity index (χ0v) is 10.3. The number of para-hydroxylation sites is 1. The monoisotopic (exact) mass is 252 g/mol. The fraction of sp³-hybridized carbons (Fsp3) is 0.250. The van der Waals surface area contributed by atoms with Crippen LogP contribution in [0.15, 0.2) is 24.4 Å². The lowest BCUT2D eigenvalue weighted by Crippen LogP contribution is -2.03. The highest BCUT2D eigenvalue weighted by atomic mass is 32.1. The molecule has 0 unspecified atom stereocenters. The number of thiazole rings is 1. The first-order chi connectivity index (χ1) is 8.20. The van der Waals surface area contributed by atoms with E-state index < -0.39 is 0 Å². The molecule has 0 bridgehead atoms. The first kappa shape index (κ1) is 12.0. The minimum Gasteiger partial charge on any atom is -0.485 e. The number of rotatable bonds is 4. The van der Waals surface area contributed by atoms with Crippen molar-refractivity contribution in [3.63, 3.8) is 0 Å². The van der Waals surface area contributed by atoms with Gasteiger partial charge in [0.2, 0.25) is 0 Å². The molecule has 0 saturated carbocycles. The summed E-state index contributed by atoms with van der Waals surface area (Å²) in [7, 11) is 0. The number of nitrogens with two attached hydrogens (primary N) is 1. The number of nitrogens with zero attached hydrogens (tertiary/aromatic N) is 1. The van der Waals surface area contributed by atoms with E-state index in [-0.39, 0.29) is 18.1 Å². The van der Waals surface area contributed by atoms with E-state index >= 15 is 0 Å². The van der Waals surface area contributed by atoms with Crippen molar-refractivity contribution in [2.75, 3.05) is 0 Å². The summed E-state index contributed by atoms with van der Waals surface area (Å²) in [5.41, 5.74) is 6.21. The van der Waals surface area contributed by atoms with E-state index in [9.17, 15) is 4.39 Å². The van der Waals surface area contributed by atoms with Gasteiger partial charge in [0.05, 0.1) is 9.88 Å². The normalized spacial score (nSPS) is 10.5. The van der Waals surface area contributed by atoms with Crippen molar-refractivity contribution in [2.45, 2.75) is 20.1 Å². The van der Waals surface area contributed by atoms with Gasteiger partial charge in [0.1, 0.15) is 6.61 Å². The van der Waals surface area contributed by atoms with Crippen molar-refractivity contribution >= 4 is 11.3 Å². The summed E-state index contributed by atoms with van der Waals surface area (Å²) in [4.78, 5) is 5.08. The van der Waals surface area contributed by atoms with E-state index in [2.05, 4.69) is 4.98 Å². The molecule has 0 spiro atoms. The van der Waals surface area contributed by atoms with Crippen molar-refractivity contribution in [1.29, 1.82) is 0 Å². The van der Waals surface area contributed by atoms with E-state index in [1.807, 2.05) is 6.92 Å². The second-order valence-electron chi connectivity index (χ2n) is 3.57. The number of halogens is 1. The summed E-state index contributed by atoms with van der Waals surface area (Å²) in [6.07, 6.45) is 1.74. The Hall–Kier alpha value is -1.46. The molecule has 1 aromatic carbocycles. The number of hydrogen-bond donors (Lipinski definition) is 1. The second kappa shape index (κ2) is 5.25. The van der Waals surface area contributed by atoms with Gasteiger partial charge in [-0.15, -0.1) is 11.3 Å². The van der Waals surface area contributed by atoms with Crippen LogP contribution in [0.4, 0.5) is 4.39 Å². The summed E-state index contributed by atoms with van der Waals surface area (Å²) in [5.74, 6) is -0.143. The standard InChI is InChI=1S/C12H13FN2OS/c1-8-15-6-10(17-8)7-16-12-9(5-14)3-2-4-11(12)13/h2-4,6H,5,7,14H2,1H3. The predicted octanol–water partition coefficient (Wildman–Crippen LogP) is 2.63. The molecule has 1 aromatic heterocycles. The molecule has 0 fully saturated rings. The maximum atomic E-state index is 13.6. The van der Waals surface area contributed by atoms with E-state index in [0.717, 1.165) is 9.88 Å². The average Bonchev–Trinajstić information content (AvgIpc) is 2.73. The Morgan fingerprint density at radius 2 is 2.29 bits per heavy atom. The fourth-order valence-corrected chi connectivity index (χ4v) is 2.20. The quantitative estimate of drug-likeness (QED) is 0.910. The van der Waals surface area contributed by atoms with Gasteiger partial charge in [-0.25, -0.2) is 9.37 Å². The molecule has 90 valence electrons. The van der Waals surface area contributed by atoms with Crippen LogP contribution in [0.5, 0.6) is 5.75 Å². The Bertz CT molecular complexity index is 513. The molecule has 0 aliphatic carbocycles. The smallest absolute Gasteiger partial charge is 0.165 e. The minimum absolute atomic E-state index is 0.237. The third-order valence-corrected chi connectivity index (χ3v) is 3.18. The molecule has 0 atom stereocenters. The Morgan fingerprint density at radius 1 is 1.47 bits per heavy atom. The molecule has 0 aliphatic rings. The fourth-order valence-electron chi connectivity index (χ4n) is 1.49. The average molecular weight is 252 g/mol. The summed E-state index contributed by atoms with van der Waals surface area (Å²) in [5, 5.41) is 0.969. The molecule has 5 heteroatoms. The summed E-state index contributed by atoms with van der Waals surface area (Å²) in [6, 6.07) is 4.75. The van der Waals surface area contributed by atoms with Crippen LogP contribution < -0.4 is 10.5 Å². The number of hydrogen-bond acceptors (Lipinski definition) is 4. The lowest BCUT2D eigenvalue weighted by atomic mass is 10.2. The zero-order valence-electron chi connectivity index (χ0n) is 9.44. The Balaban J connectivity index is 2.13. The Morgan fingerprint density at radius 3 is 2.94 bits per heavy atom. The van der Waals surface area contributed by atoms with Crippen molar-refractivity contribution in [3.8, 4) is 5.75 Å². The van der Waals surface area contributed by atoms with Crippen molar-refractivity contribution in [1.82, 2.24) is 4.98 Å². The molecule has 0 saturated heterocycles. The van der Waals surface area contributed by atoms with E-state index in [0.29, 0.717) is 12.2 Å². The second-order valence-corrected chi connectivity index (χ2v) is 4.89. The van der Waals surface area contributed by atoms with Crippen LogP contribution in [-0.2, 0) is 13.2 Å². The van der Waals surface area contributed by atoms with Crippen LogP contribution >= 0.6 is 11.3 Å². The number of benzene rings is 1. The van der Waals surface area contributed by atoms with Gasteiger partial charge in [-0.2, -0.15) is 0 Å². The molecule has 17 heavy (non-hydrogen) atoms.